The molecule has 0 aliphatic carbocycles. The molecule has 1 saturated heterocycles. The van der Waals surface area contributed by atoms with Gasteiger partial charge in [0.2, 0.25) is 0 Å². The third-order valence-electron chi connectivity index (χ3n) is 3.92. The highest BCUT2D eigenvalue weighted by atomic mass is 16.5. The Kier molecular flexibility index (Phi) is 5.56. The predicted octanol–water partition coefficient (Wildman–Crippen LogP) is 1.97. The lowest BCUT2D eigenvalue weighted by molar-refractivity contribution is -0.150. The van der Waals surface area contributed by atoms with Crippen LogP contribution in [0.4, 0.5) is 0 Å². The monoisotopic (exact) mass is 276 g/mol. The highest BCUT2D eigenvalue weighted by Crippen LogP contribution is 2.26. The lowest BCUT2D eigenvalue weighted by Crippen LogP contribution is -2.45. The highest BCUT2D eigenvalue weighted by molar-refractivity contribution is 5.77. The second-order valence-electron chi connectivity index (χ2n) is 5.21. The molecule has 1 unspecified atom stereocenters. The fourth-order valence-corrected chi connectivity index (χ4v) is 2.82. The number of likely N-dealkylation sites (N-methyl/N-ethyl adjacent to an activating group) is 1. The van der Waals surface area contributed by atoms with Gasteiger partial charge in [-0.15, -0.1) is 0 Å². The molecule has 0 aromatic heterocycles. The maximum atomic E-state index is 12.3. The van der Waals surface area contributed by atoms with Gasteiger partial charge in [-0.3, -0.25) is 4.90 Å². The quantitative estimate of drug-likeness (QED) is 0.835. The average Bonchev–Trinajstić information content (AvgIpc) is 2.50. The van der Waals surface area contributed by atoms with Crippen LogP contribution in [0.2, 0.25) is 0 Å². The van der Waals surface area contributed by atoms with Gasteiger partial charge in [-0.1, -0.05) is 30.3 Å². The number of nitrogens with one attached hydrogen (secondary N) is 1. The zero-order chi connectivity index (χ0) is 14.4. The molecule has 2 rings (SSSR count). The van der Waals surface area contributed by atoms with Gasteiger partial charge in [-0.2, -0.15) is 0 Å². The number of benzene rings is 1. The molecule has 0 saturated carbocycles. The van der Waals surface area contributed by atoms with Crippen LogP contribution in [0.5, 0.6) is 0 Å². The van der Waals surface area contributed by atoms with Crippen molar-refractivity contribution in [2.45, 2.75) is 31.8 Å². The first-order chi connectivity index (χ1) is 9.74. The minimum absolute atomic E-state index is 0.153. The molecule has 1 atom stereocenters. The lowest BCUT2D eigenvalue weighted by atomic mass is 9.99. The summed E-state index contributed by atoms with van der Waals surface area (Å²) < 4.78 is 5.27. The Labute approximate surface area is 121 Å². The van der Waals surface area contributed by atoms with Gasteiger partial charge in [0.25, 0.3) is 0 Å². The summed E-state index contributed by atoms with van der Waals surface area (Å²) in [5.41, 5.74) is 1.01. The summed E-state index contributed by atoms with van der Waals surface area (Å²) in [6.07, 6.45) is 2.14. The summed E-state index contributed by atoms with van der Waals surface area (Å²) in [5.74, 6) is -0.153. The van der Waals surface area contributed by atoms with Gasteiger partial charge < -0.3 is 10.1 Å². The first-order valence-corrected chi connectivity index (χ1v) is 7.38. The van der Waals surface area contributed by atoms with Gasteiger partial charge in [0, 0.05) is 6.04 Å². The number of rotatable bonds is 5. The van der Waals surface area contributed by atoms with E-state index >= 15 is 0 Å². The number of piperidine rings is 1. The van der Waals surface area contributed by atoms with Crippen LogP contribution in [-0.2, 0) is 9.53 Å². The van der Waals surface area contributed by atoms with Crippen molar-refractivity contribution in [3.05, 3.63) is 35.9 Å². The van der Waals surface area contributed by atoms with E-state index < -0.39 is 0 Å². The Bertz CT molecular complexity index is 416. The third-order valence-corrected chi connectivity index (χ3v) is 3.92. The largest absolute Gasteiger partial charge is 0.465 e. The Morgan fingerprint density at radius 3 is 2.60 bits per heavy atom. The van der Waals surface area contributed by atoms with E-state index in [1.165, 1.54) is 0 Å². The lowest BCUT2D eigenvalue weighted by Gasteiger charge is -2.36. The molecule has 4 nitrogen and oxygen atoms in total. The third kappa shape index (κ3) is 3.58. The molecule has 1 aliphatic heterocycles. The zero-order valence-corrected chi connectivity index (χ0v) is 12.3. The molecule has 1 aromatic rings. The Morgan fingerprint density at radius 1 is 1.35 bits per heavy atom. The van der Waals surface area contributed by atoms with Crippen LogP contribution in [-0.4, -0.2) is 43.7 Å². The molecule has 0 radical (unpaired) electrons. The van der Waals surface area contributed by atoms with Crippen molar-refractivity contribution < 1.29 is 9.53 Å². The van der Waals surface area contributed by atoms with Crippen LogP contribution in [0, 0.1) is 0 Å². The number of hydrogen-bond acceptors (Lipinski definition) is 4. The fourth-order valence-electron chi connectivity index (χ4n) is 2.82. The molecular formula is C16H24N2O2. The minimum atomic E-state index is -0.306. The molecule has 1 aromatic carbocycles. The molecule has 0 amide bonds. The van der Waals surface area contributed by atoms with E-state index in [4.69, 9.17) is 4.74 Å². The van der Waals surface area contributed by atoms with Crippen molar-refractivity contribution in [2.24, 2.45) is 0 Å². The summed E-state index contributed by atoms with van der Waals surface area (Å²) in [6.45, 7) is 4.30. The van der Waals surface area contributed by atoms with Crippen LogP contribution in [0.3, 0.4) is 0 Å². The van der Waals surface area contributed by atoms with E-state index in [0.29, 0.717) is 12.6 Å². The Morgan fingerprint density at radius 2 is 2.00 bits per heavy atom. The summed E-state index contributed by atoms with van der Waals surface area (Å²) in [5, 5.41) is 3.36. The van der Waals surface area contributed by atoms with E-state index in [1.807, 2.05) is 44.3 Å². The van der Waals surface area contributed by atoms with Crippen LogP contribution in [0.15, 0.2) is 30.3 Å². The topological polar surface area (TPSA) is 41.6 Å². The molecule has 4 heteroatoms. The van der Waals surface area contributed by atoms with E-state index in [2.05, 4.69) is 10.2 Å². The number of carbonyl (C=O) groups excluding carboxylic acids is 1. The molecule has 1 heterocycles. The summed E-state index contributed by atoms with van der Waals surface area (Å²) in [7, 11) is 2.03. The van der Waals surface area contributed by atoms with Crippen molar-refractivity contribution in [2.75, 3.05) is 26.7 Å². The van der Waals surface area contributed by atoms with E-state index in [-0.39, 0.29) is 12.0 Å². The SMILES string of the molecule is CCOC(=O)C(c1ccccc1)N(C)C1CCNCC1. The Balaban J connectivity index is 2.19. The molecule has 110 valence electrons. The molecule has 20 heavy (non-hydrogen) atoms. The van der Waals surface area contributed by atoms with Crippen molar-refractivity contribution in [1.82, 2.24) is 10.2 Å². The normalized spacial score (nSPS) is 17.9. The standard InChI is InChI=1S/C16H24N2O2/c1-3-20-16(19)15(13-7-5-4-6-8-13)18(2)14-9-11-17-12-10-14/h4-8,14-15,17H,3,9-12H2,1-2H3. The number of esters is 1. The maximum Gasteiger partial charge on any atom is 0.327 e. The average molecular weight is 276 g/mol. The van der Waals surface area contributed by atoms with Crippen LogP contribution in [0.1, 0.15) is 31.4 Å². The fraction of sp³-hybridized carbons (Fsp3) is 0.562. The van der Waals surface area contributed by atoms with Gasteiger partial charge >= 0.3 is 5.97 Å². The summed E-state index contributed by atoms with van der Waals surface area (Å²) in [6, 6.07) is 10.0. The molecule has 0 spiro atoms. The van der Waals surface area contributed by atoms with Gasteiger partial charge in [0.05, 0.1) is 6.61 Å². The molecule has 1 fully saturated rings. The van der Waals surface area contributed by atoms with E-state index in [0.717, 1.165) is 31.5 Å². The number of hydrogen-bond donors (Lipinski definition) is 1. The first kappa shape index (κ1) is 15.0. The van der Waals surface area contributed by atoms with Crippen LogP contribution >= 0.6 is 0 Å². The smallest absolute Gasteiger partial charge is 0.327 e. The molecule has 1 N–H and O–H groups in total. The van der Waals surface area contributed by atoms with Crippen molar-refractivity contribution in [3.8, 4) is 0 Å². The highest BCUT2D eigenvalue weighted by Gasteiger charge is 2.31. The van der Waals surface area contributed by atoms with Crippen LogP contribution < -0.4 is 5.32 Å². The van der Waals surface area contributed by atoms with Crippen molar-refractivity contribution >= 4 is 5.97 Å². The van der Waals surface area contributed by atoms with E-state index in [9.17, 15) is 4.79 Å². The van der Waals surface area contributed by atoms with Crippen LogP contribution in [0.25, 0.3) is 0 Å². The number of ether oxygens (including phenoxy) is 1. The van der Waals surface area contributed by atoms with E-state index in [1.54, 1.807) is 0 Å². The molecular weight excluding hydrogens is 252 g/mol. The molecule has 0 bridgehead atoms. The van der Waals surface area contributed by atoms with Gasteiger partial charge in [-0.25, -0.2) is 4.79 Å². The van der Waals surface area contributed by atoms with Gasteiger partial charge in [0.1, 0.15) is 6.04 Å². The Hall–Kier alpha value is -1.39. The first-order valence-electron chi connectivity index (χ1n) is 7.38. The second-order valence-corrected chi connectivity index (χ2v) is 5.21. The van der Waals surface area contributed by atoms with Gasteiger partial charge in [0.15, 0.2) is 0 Å². The minimum Gasteiger partial charge on any atom is -0.465 e. The summed E-state index contributed by atoms with van der Waals surface area (Å²) in [4.78, 5) is 14.5. The second kappa shape index (κ2) is 7.41. The number of carbonyl (C=O) groups is 1. The zero-order valence-electron chi connectivity index (χ0n) is 12.3. The predicted molar refractivity (Wildman–Crippen MR) is 79.5 cm³/mol. The van der Waals surface area contributed by atoms with Crippen molar-refractivity contribution in [3.63, 3.8) is 0 Å². The van der Waals surface area contributed by atoms with Gasteiger partial charge in [-0.05, 0) is 45.5 Å². The number of nitrogens with zero attached hydrogens (tertiary/aromatic N) is 1. The van der Waals surface area contributed by atoms with Crippen molar-refractivity contribution in [1.29, 1.82) is 0 Å². The maximum absolute atomic E-state index is 12.3. The molecule has 1 aliphatic rings. The summed E-state index contributed by atoms with van der Waals surface area (Å²) >= 11 is 0.